The first-order valence-corrected chi connectivity index (χ1v) is 7.49. The van der Waals surface area contributed by atoms with Crippen LogP contribution < -0.4 is 5.32 Å². The molecule has 0 aliphatic heterocycles. The minimum absolute atomic E-state index is 0.199. The third kappa shape index (κ3) is 4.26. The quantitative estimate of drug-likeness (QED) is 0.668. The molecular formula is C16H18N6O. The lowest BCUT2D eigenvalue weighted by atomic mass is 10.2. The summed E-state index contributed by atoms with van der Waals surface area (Å²) < 4.78 is 3.64. The fraction of sp³-hybridized carbons (Fsp3) is 0.250. The van der Waals surface area contributed by atoms with Gasteiger partial charge in [0, 0.05) is 25.5 Å². The van der Waals surface area contributed by atoms with Crippen LogP contribution in [-0.2, 0) is 13.1 Å². The van der Waals surface area contributed by atoms with Gasteiger partial charge in [-0.05, 0) is 12.0 Å². The highest BCUT2D eigenvalue weighted by atomic mass is 16.2. The summed E-state index contributed by atoms with van der Waals surface area (Å²) in [7, 11) is 0. The van der Waals surface area contributed by atoms with E-state index >= 15 is 0 Å². The summed E-state index contributed by atoms with van der Waals surface area (Å²) in [5.74, 6) is -0.199. The summed E-state index contributed by atoms with van der Waals surface area (Å²) in [5.41, 5.74) is 1.45. The minimum Gasteiger partial charge on any atom is -0.351 e. The van der Waals surface area contributed by atoms with Gasteiger partial charge in [0.25, 0.3) is 5.91 Å². The number of hydrogen-bond acceptors (Lipinski definition) is 4. The number of aryl methyl sites for hydroxylation is 1. The average Bonchev–Trinajstić information content (AvgIpc) is 3.24. The second-order valence-corrected chi connectivity index (χ2v) is 5.20. The SMILES string of the molecule is O=C(NCCCn1ccnc1)c1cn(Cc2ccccc2)nn1. The molecule has 0 fully saturated rings. The van der Waals surface area contributed by atoms with Crippen LogP contribution in [0.2, 0.25) is 0 Å². The van der Waals surface area contributed by atoms with Crippen molar-refractivity contribution < 1.29 is 4.79 Å². The van der Waals surface area contributed by atoms with Crippen molar-refractivity contribution in [2.45, 2.75) is 19.5 Å². The van der Waals surface area contributed by atoms with Gasteiger partial charge in [-0.2, -0.15) is 0 Å². The van der Waals surface area contributed by atoms with Gasteiger partial charge in [0.05, 0.1) is 19.1 Å². The van der Waals surface area contributed by atoms with Crippen LogP contribution in [0.3, 0.4) is 0 Å². The first kappa shape index (κ1) is 15.0. The Balaban J connectivity index is 1.46. The van der Waals surface area contributed by atoms with Gasteiger partial charge in [-0.15, -0.1) is 5.10 Å². The summed E-state index contributed by atoms with van der Waals surface area (Å²) in [4.78, 5) is 16.0. The van der Waals surface area contributed by atoms with Gasteiger partial charge in [-0.25, -0.2) is 9.67 Å². The lowest BCUT2D eigenvalue weighted by molar-refractivity contribution is 0.0947. The van der Waals surface area contributed by atoms with Crippen molar-refractivity contribution in [1.82, 2.24) is 29.9 Å². The maximum atomic E-state index is 12.0. The Kier molecular flexibility index (Phi) is 4.78. The number of amides is 1. The largest absolute Gasteiger partial charge is 0.351 e. The number of hydrogen-bond donors (Lipinski definition) is 1. The van der Waals surface area contributed by atoms with Crippen LogP contribution in [0.5, 0.6) is 0 Å². The Labute approximate surface area is 134 Å². The molecule has 0 saturated carbocycles. The first-order valence-electron chi connectivity index (χ1n) is 7.49. The molecule has 7 heteroatoms. The van der Waals surface area contributed by atoms with Crippen molar-refractivity contribution in [3.05, 3.63) is 66.5 Å². The monoisotopic (exact) mass is 310 g/mol. The van der Waals surface area contributed by atoms with Gasteiger partial charge >= 0.3 is 0 Å². The molecule has 0 atom stereocenters. The van der Waals surface area contributed by atoms with Crippen molar-refractivity contribution in [3.8, 4) is 0 Å². The number of carbonyl (C=O) groups is 1. The summed E-state index contributed by atoms with van der Waals surface area (Å²) in [6.07, 6.45) is 7.90. The molecule has 0 spiro atoms. The lowest BCUT2D eigenvalue weighted by Gasteiger charge is -2.03. The van der Waals surface area contributed by atoms with E-state index in [1.54, 1.807) is 23.4 Å². The van der Waals surface area contributed by atoms with Crippen molar-refractivity contribution >= 4 is 5.91 Å². The maximum absolute atomic E-state index is 12.0. The summed E-state index contributed by atoms with van der Waals surface area (Å²) in [5, 5.41) is 10.8. The first-order chi connectivity index (χ1) is 11.3. The second kappa shape index (κ2) is 7.35. The zero-order valence-corrected chi connectivity index (χ0v) is 12.7. The van der Waals surface area contributed by atoms with E-state index in [1.807, 2.05) is 41.1 Å². The molecule has 118 valence electrons. The van der Waals surface area contributed by atoms with Gasteiger partial charge in [-0.3, -0.25) is 4.79 Å². The molecule has 0 saturated heterocycles. The molecule has 2 heterocycles. The number of imidazole rings is 1. The van der Waals surface area contributed by atoms with Crippen molar-refractivity contribution in [2.75, 3.05) is 6.54 Å². The zero-order valence-electron chi connectivity index (χ0n) is 12.7. The molecule has 1 amide bonds. The van der Waals surface area contributed by atoms with Gasteiger partial charge in [0.2, 0.25) is 0 Å². The van der Waals surface area contributed by atoms with E-state index in [0.717, 1.165) is 18.5 Å². The van der Waals surface area contributed by atoms with Crippen molar-refractivity contribution in [1.29, 1.82) is 0 Å². The van der Waals surface area contributed by atoms with E-state index in [-0.39, 0.29) is 5.91 Å². The van der Waals surface area contributed by atoms with Crippen LogP contribution in [-0.4, -0.2) is 37.0 Å². The molecule has 0 bridgehead atoms. The van der Waals surface area contributed by atoms with Crippen LogP contribution >= 0.6 is 0 Å². The van der Waals surface area contributed by atoms with Crippen LogP contribution in [0.15, 0.2) is 55.2 Å². The number of nitrogens with one attached hydrogen (secondary N) is 1. The zero-order chi connectivity index (χ0) is 15.9. The number of rotatable bonds is 7. The molecule has 1 N–H and O–H groups in total. The average molecular weight is 310 g/mol. The van der Waals surface area contributed by atoms with Crippen LogP contribution in [0.4, 0.5) is 0 Å². The predicted molar refractivity (Wildman–Crippen MR) is 84.7 cm³/mol. The summed E-state index contributed by atoms with van der Waals surface area (Å²) in [6.45, 7) is 2.01. The topological polar surface area (TPSA) is 77.6 Å². The third-order valence-corrected chi connectivity index (χ3v) is 3.40. The van der Waals surface area contributed by atoms with E-state index in [4.69, 9.17) is 0 Å². The molecule has 2 aromatic heterocycles. The number of benzene rings is 1. The number of aromatic nitrogens is 5. The van der Waals surface area contributed by atoms with Crippen molar-refractivity contribution in [2.24, 2.45) is 0 Å². The Hall–Kier alpha value is -2.96. The smallest absolute Gasteiger partial charge is 0.273 e. The van der Waals surface area contributed by atoms with Crippen LogP contribution in [0.1, 0.15) is 22.5 Å². The summed E-state index contributed by atoms with van der Waals surface area (Å²) in [6, 6.07) is 9.93. The fourth-order valence-electron chi connectivity index (χ4n) is 2.22. The lowest BCUT2D eigenvalue weighted by Crippen LogP contribution is -2.25. The van der Waals surface area contributed by atoms with E-state index < -0.39 is 0 Å². The molecule has 0 radical (unpaired) electrons. The normalized spacial score (nSPS) is 10.6. The maximum Gasteiger partial charge on any atom is 0.273 e. The van der Waals surface area contributed by atoms with E-state index in [2.05, 4.69) is 20.6 Å². The fourth-order valence-corrected chi connectivity index (χ4v) is 2.22. The van der Waals surface area contributed by atoms with Crippen LogP contribution in [0.25, 0.3) is 0 Å². The highest BCUT2D eigenvalue weighted by molar-refractivity contribution is 5.91. The molecule has 0 aliphatic rings. The summed E-state index contributed by atoms with van der Waals surface area (Å²) >= 11 is 0. The molecule has 7 nitrogen and oxygen atoms in total. The standard InChI is InChI=1S/C16H18N6O/c23-16(18-7-4-9-21-10-8-17-13-21)15-12-22(20-19-15)11-14-5-2-1-3-6-14/h1-3,5-6,8,10,12-13H,4,7,9,11H2,(H,18,23). The molecule has 0 unspecified atom stereocenters. The van der Waals surface area contributed by atoms with E-state index in [0.29, 0.717) is 18.8 Å². The van der Waals surface area contributed by atoms with Crippen LogP contribution in [0, 0.1) is 0 Å². The van der Waals surface area contributed by atoms with Gasteiger partial charge in [-0.1, -0.05) is 35.5 Å². The Morgan fingerprint density at radius 2 is 2.09 bits per heavy atom. The second-order valence-electron chi connectivity index (χ2n) is 5.20. The molecule has 23 heavy (non-hydrogen) atoms. The van der Waals surface area contributed by atoms with Crippen molar-refractivity contribution in [3.63, 3.8) is 0 Å². The highest BCUT2D eigenvalue weighted by Gasteiger charge is 2.10. The Morgan fingerprint density at radius 3 is 2.87 bits per heavy atom. The van der Waals surface area contributed by atoms with Gasteiger partial charge in [0.15, 0.2) is 5.69 Å². The van der Waals surface area contributed by atoms with Gasteiger partial charge < -0.3 is 9.88 Å². The molecule has 3 rings (SSSR count). The van der Waals surface area contributed by atoms with E-state index in [1.165, 1.54) is 0 Å². The van der Waals surface area contributed by atoms with E-state index in [9.17, 15) is 4.79 Å². The molecule has 3 aromatic rings. The predicted octanol–water partition coefficient (Wildman–Crippen LogP) is 1.34. The molecular weight excluding hydrogens is 292 g/mol. The third-order valence-electron chi connectivity index (χ3n) is 3.40. The number of carbonyl (C=O) groups excluding carboxylic acids is 1. The highest BCUT2D eigenvalue weighted by Crippen LogP contribution is 2.02. The Bertz CT molecular complexity index is 735. The minimum atomic E-state index is -0.199. The number of nitrogens with zero attached hydrogens (tertiary/aromatic N) is 5. The molecule has 0 aliphatic carbocycles. The molecule has 1 aromatic carbocycles. The Morgan fingerprint density at radius 1 is 1.22 bits per heavy atom. The van der Waals surface area contributed by atoms with Gasteiger partial charge in [0.1, 0.15) is 0 Å².